The Hall–Kier alpha value is -2.54. The highest BCUT2D eigenvalue weighted by Gasteiger charge is 2.37. The summed E-state index contributed by atoms with van der Waals surface area (Å²) in [5.41, 5.74) is 1.96. The van der Waals surface area contributed by atoms with Crippen LogP contribution >= 0.6 is 11.6 Å². The summed E-state index contributed by atoms with van der Waals surface area (Å²) in [5.74, 6) is -0.328. The van der Waals surface area contributed by atoms with E-state index in [1.54, 1.807) is 0 Å². The third kappa shape index (κ3) is 3.93. The number of H-pyrrole nitrogens is 1. The Morgan fingerprint density at radius 1 is 1.30 bits per heavy atom. The van der Waals surface area contributed by atoms with Gasteiger partial charge in [-0.05, 0) is 49.4 Å². The van der Waals surface area contributed by atoms with Crippen molar-refractivity contribution in [1.82, 2.24) is 20.5 Å². The fraction of sp³-hybridized carbons (Fsp3) is 0.421. The summed E-state index contributed by atoms with van der Waals surface area (Å²) in [6, 6.07) is 4.86. The van der Waals surface area contributed by atoms with Gasteiger partial charge in [0.05, 0.1) is 0 Å². The molecule has 8 heteroatoms. The van der Waals surface area contributed by atoms with Gasteiger partial charge in [0.2, 0.25) is 5.91 Å². The number of urea groups is 1. The monoisotopic (exact) mass is 388 g/mol. The lowest BCUT2D eigenvalue weighted by Crippen LogP contribution is -2.34. The number of fused-ring (bicyclic) bond motifs is 1. The van der Waals surface area contributed by atoms with Crippen LogP contribution in [0.1, 0.15) is 31.2 Å². The smallest absolute Gasteiger partial charge is 0.324 e. The quantitative estimate of drug-likeness (QED) is 0.635. The van der Waals surface area contributed by atoms with Crippen LogP contribution in [0.3, 0.4) is 0 Å². The molecule has 1 atom stereocenters. The average Bonchev–Trinajstić information content (AvgIpc) is 3.30. The van der Waals surface area contributed by atoms with Crippen LogP contribution < -0.4 is 10.6 Å². The number of aromatic nitrogens is 1. The van der Waals surface area contributed by atoms with Crippen LogP contribution in [0, 0.1) is 0 Å². The van der Waals surface area contributed by atoms with Gasteiger partial charge in [0, 0.05) is 41.1 Å². The molecule has 1 aliphatic carbocycles. The molecule has 1 unspecified atom stereocenters. The summed E-state index contributed by atoms with van der Waals surface area (Å²) in [6.45, 7) is 0.287. The first kappa shape index (κ1) is 17.9. The third-order valence-corrected chi connectivity index (χ3v) is 5.28. The molecule has 0 bridgehead atoms. The highest BCUT2D eigenvalue weighted by molar-refractivity contribution is 6.31. The fourth-order valence-electron chi connectivity index (χ4n) is 3.38. The molecule has 2 aromatic rings. The highest BCUT2D eigenvalue weighted by Crippen LogP contribution is 2.23. The van der Waals surface area contributed by atoms with Crippen molar-refractivity contribution in [2.45, 2.75) is 44.2 Å². The Labute approximate surface area is 161 Å². The standard InChI is InChI=1S/C19H21ClN4O3/c20-12-1-4-15-14(9-12)11(10-21-15)7-8-24-18(26)16(23-19(24)27)5-6-17(25)22-13-2-3-13/h1,4,9-10,13,16,21H,2-3,5-8H2,(H,22,25)(H,23,27). The van der Waals surface area contributed by atoms with Crippen LogP contribution in [0.4, 0.5) is 4.79 Å². The second-order valence-corrected chi connectivity index (χ2v) is 7.56. The van der Waals surface area contributed by atoms with Gasteiger partial charge in [-0.25, -0.2) is 4.79 Å². The Balaban J connectivity index is 1.34. The summed E-state index contributed by atoms with van der Waals surface area (Å²) in [5, 5.41) is 7.20. The molecule has 7 nitrogen and oxygen atoms in total. The van der Waals surface area contributed by atoms with Gasteiger partial charge in [-0.3, -0.25) is 14.5 Å². The zero-order chi connectivity index (χ0) is 19.0. The first-order valence-electron chi connectivity index (χ1n) is 9.18. The van der Waals surface area contributed by atoms with Gasteiger partial charge in [-0.2, -0.15) is 0 Å². The van der Waals surface area contributed by atoms with Crippen LogP contribution in [-0.2, 0) is 16.0 Å². The number of nitrogens with zero attached hydrogens (tertiary/aromatic N) is 1. The van der Waals surface area contributed by atoms with Crippen molar-refractivity contribution in [1.29, 1.82) is 0 Å². The minimum atomic E-state index is -0.625. The predicted molar refractivity (Wildman–Crippen MR) is 101 cm³/mol. The number of carbonyl (C=O) groups is 3. The minimum absolute atomic E-state index is 0.0614. The van der Waals surface area contributed by atoms with Crippen LogP contribution in [-0.4, -0.2) is 46.4 Å². The Kier molecular flexibility index (Phi) is 4.78. The normalized spacial score (nSPS) is 19.6. The van der Waals surface area contributed by atoms with Crippen LogP contribution in [0.25, 0.3) is 10.9 Å². The van der Waals surface area contributed by atoms with E-state index in [1.165, 1.54) is 4.90 Å². The van der Waals surface area contributed by atoms with Gasteiger partial charge in [0.25, 0.3) is 5.91 Å². The molecular formula is C19H21ClN4O3. The van der Waals surface area contributed by atoms with E-state index >= 15 is 0 Å². The van der Waals surface area contributed by atoms with Gasteiger partial charge < -0.3 is 15.6 Å². The molecule has 1 aliphatic heterocycles. The molecule has 142 valence electrons. The third-order valence-electron chi connectivity index (χ3n) is 5.04. The summed E-state index contributed by atoms with van der Waals surface area (Å²) < 4.78 is 0. The molecule has 0 spiro atoms. The van der Waals surface area contributed by atoms with Crippen molar-refractivity contribution in [3.8, 4) is 0 Å². The van der Waals surface area contributed by atoms with E-state index in [9.17, 15) is 14.4 Å². The molecule has 0 radical (unpaired) electrons. The van der Waals surface area contributed by atoms with Crippen molar-refractivity contribution in [2.75, 3.05) is 6.54 Å². The van der Waals surface area contributed by atoms with Gasteiger partial charge in [-0.1, -0.05) is 11.6 Å². The van der Waals surface area contributed by atoms with Crippen molar-refractivity contribution in [2.24, 2.45) is 0 Å². The molecule has 1 saturated carbocycles. The van der Waals surface area contributed by atoms with Crippen molar-refractivity contribution in [3.63, 3.8) is 0 Å². The van der Waals surface area contributed by atoms with Gasteiger partial charge in [0.15, 0.2) is 0 Å². The maximum absolute atomic E-state index is 12.5. The summed E-state index contributed by atoms with van der Waals surface area (Å²) in [6.07, 6.45) is 5.02. The number of nitrogens with one attached hydrogen (secondary N) is 3. The molecule has 2 aliphatic rings. The topological polar surface area (TPSA) is 94.3 Å². The Bertz CT molecular complexity index is 905. The molecule has 3 N–H and O–H groups in total. The maximum atomic E-state index is 12.5. The summed E-state index contributed by atoms with van der Waals surface area (Å²) >= 11 is 6.06. The first-order valence-corrected chi connectivity index (χ1v) is 9.56. The van der Waals surface area contributed by atoms with Crippen LogP contribution in [0.5, 0.6) is 0 Å². The molecule has 27 heavy (non-hydrogen) atoms. The van der Waals surface area contributed by atoms with E-state index in [0.29, 0.717) is 23.9 Å². The lowest BCUT2D eigenvalue weighted by atomic mass is 10.1. The zero-order valence-corrected chi connectivity index (χ0v) is 15.5. The molecule has 4 amide bonds. The average molecular weight is 389 g/mol. The van der Waals surface area contributed by atoms with E-state index < -0.39 is 12.1 Å². The minimum Gasteiger partial charge on any atom is -0.361 e. The number of aromatic amines is 1. The predicted octanol–water partition coefficient (Wildman–Crippen LogP) is 2.34. The molecule has 4 rings (SSSR count). The van der Waals surface area contributed by atoms with Crippen LogP contribution in [0.2, 0.25) is 5.02 Å². The Morgan fingerprint density at radius 2 is 2.11 bits per heavy atom. The number of rotatable bonds is 7. The largest absolute Gasteiger partial charge is 0.361 e. The number of hydrogen-bond acceptors (Lipinski definition) is 3. The molecular weight excluding hydrogens is 368 g/mol. The van der Waals surface area contributed by atoms with E-state index in [4.69, 9.17) is 11.6 Å². The molecule has 1 aromatic heterocycles. The fourth-order valence-corrected chi connectivity index (χ4v) is 3.55. The zero-order valence-electron chi connectivity index (χ0n) is 14.8. The number of carbonyl (C=O) groups excluding carboxylic acids is 3. The lowest BCUT2D eigenvalue weighted by Gasteiger charge is -2.12. The maximum Gasteiger partial charge on any atom is 0.324 e. The second kappa shape index (κ2) is 7.23. The number of amides is 4. The van der Waals surface area contributed by atoms with Crippen molar-refractivity contribution >= 4 is 40.3 Å². The van der Waals surface area contributed by atoms with Crippen molar-refractivity contribution < 1.29 is 14.4 Å². The molecule has 2 heterocycles. The first-order chi connectivity index (χ1) is 13.0. The molecule has 1 saturated heterocycles. The number of hydrogen-bond donors (Lipinski definition) is 3. The SMILES string of the molecule is O=C(CCC1NC(=O)N(CCc2c[nH]c3ccc(Cl)cc23)C1=O)NC1CC1. The van der Waals surface area contributed by atoms with Crippen LogP contribution in [0.15, 0.2) is 24.4 Å². The highest BCUT2D eigenvalue weighted by atomic mass is 35.5. The second-order valence-electron chi connectivity index (χ2n) is 7.13. The van der Waals surface area contributed by atoms with E-state index in [0.717, 1.165) is 29.3 Å². The number of halogens is 1. The van der Waals surface area contributed by atoms with E-state index in [-0.39, 0.29) is 24.8 Å². The summed E-state index contributed by atoms with van der Waals surface area (Å²) in [7, 11) is 0. The van der Waals surface area contributed by atoms with E-state index in [2.05, 4.69) is 15.6 Å². The number of imide groups is 1. The Morgan fingerprint density at radius 3 is 2.89 bits per heavy atom. The number of benzene rings is 1. The summed E-state index contributed by atoms with van der Waals surface area (Å²) in [4.78, 5) is 40.9. The van der Waals surface area contributed by atoms with Gasteiger partial charge in [-0.15, -0.1) is 0 Å². The van der Waals surface area contributed by atoms with Gasteiger partial charge >= 0.3 is 6.03 Å². The van der Waals surface area contributed by atoms with Crippen molar-refractivity contribution in [3.05, 3.63) is 35.0 Å². The van der Waals surface area contributed by atoms with E-state index in [1.807, 2.05) is 24.4 Å². The lowest BCUT2D eigenvalue weighted by molar-refractivity contribution is -0.127. The molecule has 2 fully saturated rings. The molecule has 1 aromatic carbocycles. The van der Waals surface area contributed by atoms with Gasteiger partial charge in [0.1, 0.15) is 6.04 Å².